The van der Waals surface area contributed by atoms with Crippen LogP contribution in [0.25, 0.3) is 0 Å². The Morgan fingerprint density at radius 3 is 2.55 bits per heavy atom. The number of nitrogens with zero attached hydrogens (tertiary/aromatic N) is 3. The van der Waals surface area contributed by atoms with Gasteiger partial charge in [-0.15, -0.1) is 0 Å². The zero-order valence-corrected chi connectivity index (χ0v) is 16.0. The summed E-state index contributed by atoms with van der Waals surface area (Å²) in [5.74, 6) is -0.0668. The van der Waals surface area contributed by atoms with E-state index < -0.39 is 11.7 Å². The van der Waals surface area contributed by atoms with Gasteiger partial charge in [-0.25, -0.2) is 4.98 Å². The number of alkyl halides is 3. The minimum Gasteiger partial charge on any atom is -0.439 e. The maximum atomic E-state index is 12.8. The highest BCUT2D eigenvalue weighted by molar-refractivity contribution is 5.94. The first-order valence-corrected chi connectivity index (χ1v) is 8.73. The smallest absolute Gasteiger partial charge is 0.416 e. The topological polar surface area (TPSA) is 69.0 Å². The molecule has 152 valence electrons. The summed E-state index contributed by atoms with van der Waals surface area (Å²) in [5, 5.41) is 7.01. The van der Waals surface area contributed by atoms with Crippen molar-refractivity contribution in [3.8, 4) is 11.6 Å². The van der Waals surface area contributed by atoms with Crippen LogP contribution >= 0.6 is 0 Å². The van der Waals surface area contributed by atoms with E-state index in [0.29, 0.717) is 11.3 Å². The summed E-state index contributed by atoms with van der Waals surface area (Å²) in [6, 6.07) is 7.78. The lowest BCUT2D eigenvalue weighted by molar-refractivity contribution is -0.137. The minimum atomic E-state index is -4.44. The normalized spacial score (nSPS) is 11.4. The van der Waals surface area contributed by atoms with E-state index in [-0.39, 0.29) is 24.1 Å². The lowest BCUT2D eigenvalue weighted by atomic mass is 10.2. The lowest BCUT2D eigenvalue weighted by Crippen LogP contribution is -2.25. The predicted octanol–water partition coefficient (Wildman–Crippen LogP) is 4.17. The maximum Gasteiger partial charge on any atom is 0.416 e. The first-order valence-electron chi connectivity index (χ1n) is 8.73. The molecule has 6 nitrogen and oxygen atoms in total. The summed E-state index contributed by atoms with van der Waals surface area (Å²) in [5.41, 5.74) is 2.00. The molecular weight excluding hydrogens is 385 g/mol. The van der Waals surface area contributed by atoms with Gasteiger partial charge in [0.1, 0.15) is 11.4 Å². The second-order valence-corrected chi connectivity index (χ2v) is 6.50. The Hall–Kier alpha value is -3.36. The third-order valence-corrected chi connectivity index (χ3v) is 4.37. The molecular formula is C20H19F3N4O2. The van der Waals surface area contributed by atoms with Crippen molar-refractivity contribution in [2.45, 2.75) is 26.6 Å². The number of benzene rings is 1. The fraction of sp³-hybridized carbons (Fsp3) is 0.250. The van der Waals surface area contributed by atoms with Crippen molar-refractivity contribution in [2.24, 2.45) is 7.05 Å². The van der Waals surface area contributed by atoms with Crippen LogP contribution in [0.3, 0.4) is 0 Å². The van der Waals surface area contributed by atoms with E-state index in [9.17, 15) is 18.0 Å². The molecule has 0 radical (unpaired) electrons. The van der Waals surface area contributed by atoms with E-state index in [1.54, 1.807) is 13.1 Å². The van der Waals surface area contributed by atoms with Gasteiger partial charge in [0, 0.05) is 31.4 Å². The molecule has 0 saturated carbocycles. The fourth-order valence-corrected chi connectivity index (χ4v) is 2.78. The molecule has 3 rings (SSSR count). The Balaban J connectivity index is 1.63. The van der Waals surface area contributed by atoms with Gasteiger partial charge in [0.05, 0.1) is 11.3 Å². The third-order valence-electron chi connectivity index (χ3n) is 4.37. The number of amides is 1. The fourth-order valence-electron chi connectivity index (χ4n) is 2.78. The van der Waals surface area contributed by atoms with Crippen LogP contribution in [-0.2, 0) is 19.8 Å². The zero-order chi connectivity index (χ0) is 21.2. The second-order valence-electron chi connectivity index (χ2n) is 6.50. The van der Waals surface area contributed by atoms with Gasteiger partial charge >= 0.3 is 6.18 Å². The highest BCUT2D eigenvalue weighted by Gasteiger charge is 2.30. The Labute approximate surface area is 165 Å². The van der Waals surface area contributed by atoms with Crippen molar-refractivity contribution in [1.29, 1.82) is 0 Å². The number of pyridine rings is 1. The van der Waals surface area contributed by atoms with Gasteiger partial charge in [0.25, 0.3) is 5.91 Å². The number of aromatic nitrogens is 3. The number of carbonyl (C=O) groups excluding carboxylic acids is 1. The lowest BCUT2D eigenvalue weighted by Gasteiger charge is -2.10. The number of hydrogen-bond donors (Lipinski definition) is 1. The molecule has 2 heterocycles. The molecule has 9 heteroatoms. The molecule has 2 aromatic heterocycles. The molecule has 1 N–H and O–H groups in total. The first kappa shape index (κ1) is 20.4. The van der Waals surface area contributed by atoms with Gasteiger partial charge in [0.2, 0.25) is 5.88 Å². The van der Waals surface area contributed by atoms with E-state index in [1.165, 1.54) is 29.1 Å². The maximum absolute atomic E-state index is 12.8. The van der Waals surface area contributed by atoms with Gasteiger partial charge in [-0.3, -0.25) is 9.48 Å². The molecule has 0 bridgehead atoms. The van der Waals surface area contributed by atoms with E-state index >= 15 is 0 Å². The Morgan fingerprint density at radius 1 is 1.21 bits per heavy atom. The Bertz CT molecular complexity index is 1030. The third kappa shape index (κ3) is 4.74. The summed E-state index contributed by atoms with van der Waals surface area (Å²) in [6.45, 7) is 3.90. The van der Waals surface area contributed by atoms with Crippen LogP contribution in [0.2, 0.25) is 0 Å². The summed E-state index contributed by atoms with van der Waals surface area (Å²) >= 11 is 0. The number of ether oxygens (including phenoxy) is 1. The second kappa shape index (κ2) is 7.94. The number of carbonyl (C=O) groups is 1. The molecule has 0 unspecified atom stereocenters. The van der Waals surface area contributed by atoms with Crippen molar-refractivity contribution in [3.05, 3.63) is 70.7 Å². The van der Waals surface area contributed by atoms with E-state index in [4.69, 9.17) is 4.74 Å². The standard InChI is InChI=1S/C20H19F3N4O2/c1-12-13(2)26-27(3)18(12)19(28)25-11-14-7-8-17(24-10-14)29-16-6-4-5-15(9-16)20(21,22)23/h4-10H,11H2,1-3H3,(H,25,28). The van der Waals surface area contributed by atoms with Gasteiger partial charge < -0.3 is 10.1 Å². The van der Waals surface area contributed by atoms with Crippen molar-refractivity contribution >= 4 is 5.91 Å². The molecule has 0 saturated heterocycles. The van der Waals surface area contributed by atoms with Crippen LogP contribution < -0.4 is 10.1 Å². The highest BCUT2D eigenvalue weighted by atomic mass is 19.4. The van der Waals surface area contributed by atoms with Crippen molar-refractivity contribution in [2.75, 3.05) is 0 Å². The summed E-state index contributed by atoms with van der Waals surface area (Å²) < 4.78 is 45.2. The first-order chi connectivity index (χ1) is 13.6. The number of rotatable bonds is 5. The van der Waals surface area contributed by atoms with E-state index in [1.807, 2.05) is 13.8 Å². The van der Waals surface area contributed by atoms with Gasteiger partial charge in [-0.05, 0) is 37.6 Å². The zero-order valence-electron chi connectivity index (χ0n) is 16.0. The number of aryl methyl sites for hydroxylation is 2. The molecule has 29 heavy (non-hydrogen) atoms. The SMILES string of the molecule is Cc1nn(C)c(C(=O)NCc2ccc(Oc3cccc(C(F)(F)F)c3)nc2)c1C. The highest BCUT2D eigenvalue weighted by Crippen LogP contribution is 2.32. The monoisotopic (exact) mass is 404 g/mol. The molecule has 1 aromatic carbocycles. The van der Waals surface area contributed by atoms with Crippen LogP contribution in [0, 0.1) is 13.8 Å². The Morgan fingerprint density at radius 2 is 1.97 bits per heavy atom. The van der Waals surface area contributed by atoms with Gasteiger partial charge in [0.15, 0.2) is 0 Å². The van der Waals surface area contributed by atoms with E-state index in [0.717, 1.165) is 23.4 Å². The summed E-state index contributed by atoms with van der Waals surface area (Å²) in [4.78, 5) is 16.5. The van der Waals surface area contributed by atoms with Crippen LogP contribution in [0.1, 0.15) is 32.9 Å². The molecule has 0 spiro atoms. The Kier molecular flexibility index (Phi) is 5.58. The summed E-state index contributed by atoms with van der Waals surface area (Å²) in [7, 11) is 1.70. The number of halogens is 3. The van der Waals surface area contributed by atoms with Gasteiger partial charge in [-0.1, -0.05) is 12.1 Å². The summed E-state index contributed by atoms with van der Waals surface area (Å²) in [6.07, 6.45) is -2.95. The van der Waals surface area contributed by atoms with E-state index in [2.05, 4.69) is 15.4 Å². The molecule has 0 aliphatic heterocycles. The predicted molar refractivity (Wildman–Crippen MR) is 99.6 cm³/mol. The molecule has 1 amide bonds. The van der Waals surface area contributed by atoms with Crippen molar-refractivity contribution in [1.82, 2.24) is 20.1 Å². The molecule has 0 aliphatic carbocycles. The number of hydrogen-bond acceptors (Lipinski definition) is 4. The average Bonchev–Trinajstić information content (AvgIpc) is 2.92. The largest absolute Gasteiger partial charge is 0.439 e. The van der Waals surface area contributed by atoms with Crippen LogP contribution in [-0.4, -0.2) is 20.7 Å². The molecule has 0 atom stereocenters. The minimum absolute atomic E-state index is 0.0374. The molecule has 0 fully saturated rings. The van der Waals surface area contributed by atoms with Crippen LogP contribution in [0.4, 0.5) is 13.2 Å². The van der Waals surface area contributed by atoms with Gasteiger partial charge in [-0.2, -0.15) is 18.3 Å². The quantitative estimate of drug-likeness (QED) is 0.693. The van der Waals surface area contributed by atoms with Crippen LogP contribution in [0.5, 0.6) is 11.6 Å². The average molecular weight is 404 g/mol. The number of nitrogens with one attached hydrogen (secondary N) is 1. The van der Waals surface area contributed by atoms with Crippen molar-refractivity contribution in [3.63, 3.8) is 0 Å². The van der Waals surface area contributed by atoms with Crippen molar-refractivity contribution < 1.29 is 22.7 Å². The van der Waals surface area contributed by atoms with Crippen LogP contribution in [0.15, 0.2) is 42.6 Å². The molecule has 3 aromatic rings. The molecule has 0 aliphatic rings.